The predicted molar refractivity (Wildman–Crippen MR) is 124 cm³/mol. The molecule has 11 heteroatoms. The Bertz CT molecular complexity index is 559. The third-order valence-electron chi connectivity index (χ3n) is 4.91. The van der Waals surface area contributed by atoms with E-state index in [-0.39, 0.29) is 25.0 Å². The van der Waals surface area contributed by atoms with Crippen molar-refractivity contribution in [1.29, 1.82) is 5.41 Å². The number of carbonyl (C=O) groups excluding carboxylic acids is 2. The first-order chi connectivity index (χ1) is 15.3. The number of nitro groups is 1. The van der Waals surface area contributed by atoms with E-state index in [9.17, 15) is 19.7 Å². The lowest BCUT2D eigenvalue weighted by Gasteiger charge is -2.19. The van der Waals surface area contributed by atoms with E-state index in [0.29, 0.717) is 31.7 Å². The van der Waals surface area contributed by atoms with E-state index in [1.807, 2.05) is 0 Å². The molecule has 0 fully saturated rings. The summed E-state index contributed by atoms with van der Waals surface area (Å²) < 4.78 is 0. The highest BCUT2D eigenvalue weighted by Gasteiger charge is 2.20. The minimum atomic E-state index is -0.824. The lowest BCUT2D eigenvalue weighted by atomic mass is 10.1. The number of aliphatic hydroxyl groups is 1. The first-order valence-electron chi connectivity index (χ1n) is 11.7. The number of hydrogen-bond donors (Lipinski definition) is 6. The van der Waals surface area contributed by atoms with Crippen LogP contribution in [0.1, 0.15) is 84.5 Å². The van der Waals surface area contributed by atoms with Crippen LogP contribution in [-0.2, 0) is 9.59 Å². The maximum Gasteiger partial charge on any atom is 0.251 e. The fourth-order valence-electron chi connectivity index (χ4n) is 3.07. The van der Waals surface area contributed by atoms with Crippen LogP contribution in [0.25, 0.3) is 0 Å². The average Bonchev–Trinajstić information content (AvgIpc) is 2.71. The van der Waals surface area contributed by atoms with Crippen LogP contribution < -0.4 is 21.4 Å². The zero-order valence-electron chi connectivity index (χ0n) is 19.6. The van der Waals surface area contributed by atoms with Gasteiger partial charge in [0.05, 0.1) is 0 Å². The quantitative estimate of drug-likeness (QED) is 0.0564. The summed E-state index contributed by atoms with van der Waals surface area (Å²) in [5.74, 6) is -0.365. The van der Waals surface area contributed by atoms with Gasteiger partial charge in [-0.2, -0.15) is 0 Å². The SMILES string of the molecule is CC(C)CCNC(=O)[C@H](CCCNC(=N)N[N+](=O)[O-])NC(=O)CCCCCCCCCO. The van der Waals surface area contributed by atoms with E-state index in [1.165, 1.54) is 0 Å². The van der Waals surface area contributed by atoms with Gasteiger partial charge in [-0.25, -0.2) is 10.1 Å². The number of aliphatic hydroxyl groups excluding tert-OH is 1. The van der Waals surface area contributed by atoms with Gasteiger partial charge in [-0.1, -0.05) is 51.4 Å². The molecule has 1 atom stereocenters. The van der Waals surface area contributed by atoms with E-state index < -0.39 is 17.0 Å². The summed E-state index contributed by atoms with van der Waals surface area (Å²) in [7, 11) is 0. The molecule has 2 amide bonds. The molecule has 0 bridgehead atoms. The monoisotopic (exact) mass is 458 g/mol. The molecule has 0 saturated heterocycles. The van der Waals surface area contributed by atoms with Crippen LogP contribution in [0, 0.1) is 21.4 Å². The lowest BCUT2D eigenvalue weighted by Crippen LogP contribution is -2.47. The molecule has 11 nitrogen and oxygen atoms in total. The Labute approximate surface area is 191 Å². The molecule has 0 saturated carbocycles. The van der Waals surface area contributed by atoms with Crippen molar-refractivity contribution in [2.24, 2.45) is 5.92 Å². The van der Waals surface area contributed by atoms with Crippen LogP contribution in [0.4, 0.5) is 0 Å². The van der Waals surface area contributed by atoms with Gasteiger partial charge in [0.15, 0.2) is 5.03 Å². The summed E-state index contributed by atoms with van der Waals surface area (Å²) in [5.41, 5.74) is 1.71. The van der Waals surface area contributed by atoms with Gasteiger partial charge < -0.3 is 21.1 Å². The van der Waals surface area contributed by atoms with Crippen molar-refractivity contribution in [2.75, 3.05) is 19.7 Å². The number of rotatable bonds is 19. The molecule has 6 N–H and O–H groups in total. The van der Waals surface area contributed by atoms with Crippen LogP contribution >= 0.6 is 0 Å². The minimum Gasteiger partial charge on any atom is -0.396 e. The summed E-state index contributed by atoms with van der Waals surface area (Å²) in [6, 6.07) is -0.674. The van der Waals surface area contributed by atoms with Crippen LogP contribution in [0.2, 0.25) is 0 Å². The fourth-order valence-corrected chi connectivity index (χ4v) is 3.07. The number of amides is 2. The minimum absolute atomic E-state index is 0.162. The molecule has 0 aliphatic heterocycles. The Morgan fingerprint density at radius 1 is 0.938 bits per heavy atom. The number of hydrogen-bond acceptors (Lipinski definition) is 6. The van der Waals surface area contributed by atoms with Crippen molar-refractivity contribution in [2.45, 2.75) is 90.5 Å². The molecule has 32 heavy (non-hydrogen) atoms. The molecule has 0 heterocycles. The Kier molecular flexibility index (Phi) is 17.8. The van der Waals surface area contributed by atoms with Crippen molar-refractivity contribution in [3.63, 3.8) is 0 Å². The average molecular weight is 459 g/mol. The Balaban J connectivity index is 4.35. The van der Waals surface area contributed by atoms with E-state index in [1.54, 1.807) is 5.43 Å². The Hall–Kier alpha value is -2.43. The highest BCUT2D eigenvalue weighted by Crippen LogP contribution is 2.09. The van der Waals surface area contributed by atoms with Gasteiger partial charge in [-0.05, 0) is 38.0 Å². The van der Waals surface area contributed by atoms with Gasteiger partial charge in [-0.15, -0.1) is 0 Å². The van der Waals surface area contributed by atoms with Gasteiger partial charge in [0.1, 0.15) is 6.04 Å². The summed E-state index contributed by atoms with van der Waals surface area (Å²) in [5, 5.41) is 33.8. The number of nitrogens with one attached hydrogen (secondary N) is 5. The summed E-state index contributed by atoms with van der Waals surface area (Å²) in [6.45, 7) is 5.17. The summed E-state index contributed by atoms with van der Waals surface area (Å²) in [6.07, 6.45) is 8.84. The van der Waals surface area contributed by atoms with Crippen LogP contribution in [-0.4, -0.2) is 53.7 Å². The van der Waals surface area contributed by atoms with Gasteiger partial charge in [0.2, 0.25) is 11.8 Å². The molecule has 0 aliphatic rings. The van der Waals surface area contributed by atoms with Crippen LogP contribution in [0.5, 0.6) is 0 Å². The zero-order chi connectivity index (χ0) is 24.2. The second kappa shape index (κ2) is 19.3. The molecule has 0 aliphatic carbocycles. The van der Waals surface area contributed by atoms with Crippen molar-refractivity contribution < 1.29 is 19.7 Å². The molecule has 0 aromatic heterocycles. The van der Waals surface area contributed by atoms with Crippen molar-refractivity contribution >= 4 is 17.8 Å². The molecule has 0 unspecified atom stereocenters. The number of hydrazine groups is 1. The number of carbonyl (C=O) groups is 2. The smallest absolute Gasteiger partial charge is 0.251 e. The van der Waals surface area contributed by atoms with Crippen LogP contribution in [0.3, 0.4) is 0 Å². The Morgan fingerprint density at radius 2 is 1.56 bits per heavy atom. The maximum atomic E-state index is 12.5. The molecule has 0 aromatic carbocycles. The molecular formula is C21H42N6O5. The molecule has 0 aromatic rings. The zero-order valence-corrected chi connectivity index (χ0v) is 19.6. The van der Waals surface area contributed by atoms with Gasteiger partial charge in [0.25, 0.3) is 5.96 Å². The fraction of sp³-hybridized carbons (Fsp3) is 0.857. The van der Waals surface area contributed by atoms with E-state index in [2.05, 4.69) is 29.8 Å². The van der Waals surface area contributed by atoms with E-state index >= 15 is 0 Å². The highest BCUT2D eigenvalue weighted by molar-refractivity contribution is 5.87. The molecule has 0 rings (SSSR count). The van der Waals surface area contributed by atoms with Crippen molar-refractivity contribution in [1.82, 2.24) is 21.4 Å². The summed E-state index contributed by atoms with van der Waals surface area (Å²) >= 11 is 0. The molecule has 186 valence electrons. The summed E-state index contributed by atoms with van der Waals surface area (Å²) in [4.78, 5) is 35.1. The predicted octanol–water partition coefficient (Wildman–Crippen LogP) is 1.83. The van der Waals surface area contributed by atoms with E-state index in [0.717, 1.165) is 51.4 Å². The number of nitrogens with zero attached hydrogens (tertiary/aromatic N) is 1. The Morgan fingerprint density at radius 3 is 2.16 bits per heavy atom. The number of unbranched alkanes of at least 4 members (excludes halogenated alkanes) is 6. The first-order valence-corrected chi connectivity index (χ1v) is 11.7. The van der Waals surface area contributed by atoms with Gasteiger partial charge in [0, 0.05) is 26.1 Å². The number of guanidine groups is 1. The maximum absolute atomic E-state index is 12.5. The van der Waals surface area contributed by atoms with Crippen molar-refractivity contribution in [3.8, 4) is 0 Å². The normalized spacial score (nSPS) is 11.6. The standard InChI is InChI=1S/C21H42N6O5/c1-17(2)13-15-23-20(30)18(11-10-14-24-21(22)26-27(31)32)25-19(29)12-8-6-4-3-5-7-9-16-28/h17-18,28H,3-16H2,1-2H3,(H,23,30)(H,25,29)(H3,22,24,26)/t18-/m0/s1. The molecule has 0 spiro atoms. The second-order valence-electron chi connectivity index (χ2n) is 8.36. The largest absolute Gasteiger partial charge is 0.396 e. The second-order valence-corrected chi connectivity index (χ2v) is 8.36. The lowest BCUT2D eigenvalue weighted by molar-refractivity contribution is -0.525. The van der Waals surface area contributed by atoms with E-state index in [4.69, 9.17) is 10.5 Å². The van der Waals surface area contributed by atoms with Gasteiger partial charge >= 0.3 is 0 Å². The molecular weight excluding hydrogens is 416 g/mol. The highest BCUT2D eigenvalue weighted by atomic mass is 16.7. The first kappa shape index (κ1) is 29.6. The topological polar surface area (TPSA) is 169 Å². The van der Waals surface area contributed by atoms with Gasteiger partial charge in [-0.3, -0.25) is 15.0 Å². The third kappa shape index (κ3) is 18.3. The van der Waals surface area contributed by atoms with Crippen LogP contribution in [0.15, 0.2) is 0 Å². The third-order valence-corrected chi connectivity index (χ3v) is 4.91. The van der Waals surface area contributed by atoms with Crippen molar-refractivity contribution in [3.05, 3.63) is 10.1 Å². The molecule has 0 radical (unpaired) electrons.